The van der Waals surface area contributed by atoms with Crippen LogP contribution in [0.25, 0.3) is 0 Å². The van der Waals surface area contributed by atoms with Gasteiger partial charge in [-0.3, -0.25) is 4.79 Å². The zero-order valence-electron chi connectivity index (χ0n) is 15.2. The van der Waals surface area contributed by atoms with E-state index in [0.717, 1.165) is 25.0 Å². The Labute approximate surface area is 150 Å². The molecule has 134 valence electrons. The van der Waals surface area contributed by atoms with Gasteiger partial charge in [-0.1, -0.05) is 43.3 Å². The van der Waals surface area contributed by atoms with Crippen LogP contribution in [0.15, 0.2) is 54.6 Å². The molecule has 0 saturated heterocycles. The number of carbonyl (C=O) groups excluding carboxylic acids is 1. The van der Waals surface area contributed by atoms with Gasteiger partial charge in [-0.05, 0) is 49.6 Å². The second-order valence-electron chi connectivity index (χ2n) is 6.21. The first-order valence-electron chi connectivity index (χ1n) is 8.89. The lowest BCUT2D eigenvalue weighted by atomic mass is 10.0. The van der Waals surface area contributed by atoms with Crippen LogP contribution in [0.5, 0.6) is 5.75 Å². The summed E-state index contributed by atoms with van der Waals surface area (Å²) in [5.74, 6) is 0.732. The van der Waals surface area contributed by atoms with Crippen LogP contribution < -0.4 is 10.5 Å². The van der Waals surface area contributed by atoms with E-state index in [1.165, 1.54) is 5.56 Å². The topological polar surface area (TPSA) is 55.6 Å². The van der Waals surface area contributed by atoms with Crippen molar-refractivity contribution in [2.24, 2.45) is 5.73 Å². The van der Waals surface area contributed by atoms with Gasteiger partial charge in [0.05, 0.1) is 6.61 Å². The lowest BCUT2D eigenvalue weighted by molar-refractivity contribution is 0.0725. The third-order valence-corrected chi connectivity index (χ3v) is 4.24. The van der Waals surface area contributed by atoms with Crippen molar-refractivity contribution in [1.82, 2.24) is 4.90 Å². The number of hydrogen-bond acceptors (Lipinski definition) is 3. The maximum atomic E-state index is 12.9. The summed E-state index contributed by atoms with van der Waals surface area (Å²) in [4.78, 5) is 14.7. The van der Waals surface area contributed by atoms with Crippen LogP contribution in [0.1, 0.15) is 35.7 Å². The Morgan fingerprint density at radius 3 is 2.60 bits per heavy atom. The highest BCUT2D eigenvalue weighted by Gasteiger charge is 2.21. The number of rotatable bonds is 9. The normalized spacial score (nSPS) is 11.8. The average molecular weight is 340 g/mol. The first kappa shape index (κ1) is 19.0. The lowest BCUT2D eigenvalue weighted by Crippen LogP contribution is -2.39. The van der Waals surface area contributed by atoms with Crippen LogP contribution in [-0.2, 0) is 6.42 Å². The minimum Gasteiger partial charge on any atom is -0.494 e. The van der Waals surface area contributed by atoms with Crippen LogP contribution >= 0.6 is 0 Å². The molecule has 2 rings (SSSR count). The molecule has 2 aromatic rings. The van der Waals surface area contributed by atoms with E-state index < -0.39 is 0 Å². The Bertz CT molecular complexity index is 658. The van der Waals surface area contributed by atoms with Gasteiger partial charge in [0.25, 0.3) is 5.91 Å². The molecule has 0 fully saturated rings. The molecule has 2 aromatic carbocycles. The predicted octanol–water partition coefficient (Wildman–Crippen LogP) is 3.51. The van der Waals surface area contributed by atoms with Crippen LogP contribution in [0, 0.1) is 0 Å². The minimum atomic E-state index is -0.00340. The molecule has 1 atom stereocenters. The molecule has 2 N–H and O–H groups in total. The van der Waals surface area contributed by atoms with Crippen molar-refractivity contribution in [2.45, 2.75) is 32.2 Å². The molecule has 0 bridgehead atoms. The number of ether oxygens (including phenoxy) is 1. The third-order valence-electron chi connectivity index (χ3n) is 4.24. The van der Waals surface area contributed by atoms with Gasteiger partial charge < -0.3 is 15.4 Å². The number of likely N-dealkylation sites (N-methyl/N-ethyl adjacent to an activating group) is 1. The number of nitrogens with two attached hydrogens (primary N) is 1. The molecule has 0 aromatic heterocycles. The Hall–Kier alpha value is -2.33. The van der Waals surface area contributed by atoms with Crippen molar-refractivity contribution in [3.8, 4) is 5.75 Å². The van der Waals surface area contributed by atoms with E-state index in [0.29, 0.717) is 18.7 Å². The molecule has 0 heterocycles. The summed E-state index contributed by atoms with van der Waals surface area (Å²) in [7, 11) is 1.85. The summed E-state index contributed by atoms with van der Waals surface area (Å²) in [5.41, 5.74) is 7.63. The summed E-state index contributed by atoms with van der Waals surface area (Å²) >= 11 is 0. The van der Waals surface area contributed by atoms with E-state index in [1.807, 2.05) is 49.5 Å². The van der Waals surface area contributed by atoms with E-state index in [2.05, 4.69) is 19.1 Å². The lowest BCUT2D eigenvalue weighted by Gasteiger charge is -2.28. The van der Waals surface area contributed by atoms with Gasteiger partial charge in [-0.2, -0.15) is 0 Å². The molecule has 4 nitrogen and oxygen atoms in total. The molecule has 25 heavy (non-hydrogen) atoms. The molecule has 0 radical (unpaired) electrons. The minimum absolute atomic E-state index is 0.00340. The molecule has 0 aliphatic rings. The second-order valence-corrected chi connectivity index (χ2v) is 6.21. The number of benzene rings is 2. The number of amides is 1. The Kier molecular flexibility index (Phi) is 7.48. The van der Waals surface area contributed by atoms with Gasteiger partial charge in [-0.25, -0.2) is 0 Å². The highest BCUT2D eigenvalue weighted by atomic mass is 16.5. The van der Waals surface area contributed by atoms with E-state index >= 15 is 0 Å². The van der Waals surface area contributed by atoms with Gasteiger partial charge in [0.1, 0.15) is 5.75 Å². The SMILES string of the molecule is CCCOc1cccc(C(=O)N(C)C(CCN)Cc2ccccc2)c1. The maximum absolute atomic E-state index is 12.9. The zero-order valence-corrected chi connectivity index (χ0v) is 15.2. The first-order chi connectivity index (χ1) is 12.2. The molecule has 0 aliphatic carbocycles. The maximum Gasteiger partial charge on any atom is 0.253 e. The highest BCUT2D eigenvalue weighted by molar-refractivity contribution is 5.94. The van der Waals surface area contributed by atoms with Gasteiger partial charge >= 0.3 is 0 Å². The summed E-state index contributed by atoms with van der Waals surface area (Å²) in [6, 6.07) is 17.7. The number of nitrogens with zero attached hydrogens (tertiary/aromatic N) is 1. The third kappa shape index (κ3) is 5.61. The van der Waals surface area contributed by atoms with Crippen LogP contribution in [0.2, 0.25) is 0 Å². The molecule has 1 amide bonds. The Balaban J connectivity index is 2.12. The molecule has 1 unspecified atom stereocenters. The second kappa shape index (κ2) is 9.84. The summed E-state index contributed by atoms with van der Waals surface area (Å²) in [5, 5.41) is 0. The molecule has 0 spiro atoms. The smallest absolute Gasteiger partial charge is 0.253 e. The molecule has 0 saturated carbocycles. The fraction of sp³-hybridized carbons (Fsp3) is 0.381. The van der Waals surface area contributed by atoms with Crippen molar-refractivity contribution in [1.29, 1.82) is 0 Å². The predicted molar refractivity (Wildman–Crippen MR) is 102 cm³/mol. The summed E-state index contributed by atoms with van der Waals surface area (Å²) < 4.78 is 5.64. The largest absolute Gasteiger partial charge is 0.494 e. The van der Waals surface area contributed by atoms with Crippen molar-refractivity contribution in [3.05, 3.63) is 65.7 Å². The van der Waals surface area contributed by atoms with Crippen LogP contribution in [0.3, 0.4) is 0 Å². The first-order valence-corrected chi connectivity index (χ1v) is 8.89. The fourth-order valence-electron chi connectivity index (χ4n) is 2.82. The monoisotopic (exact) mass is 340 g/mol. The number of carbonyl (C=O) groups is 1. The molecular weight excluding hydrogens is 312 g/mol. The highest BCUT2D eigenvalue weighted by Crippen LogP contribution is 2.18. The molecule has 4 heteroatoms. The van der Waals surface area contributed by atoms with Gasteiger partial charge in [-0.15, -0.1) is 0 Å². The van der Waals surface area contributed by atoms with Gasteiger partial charge in [0, 0.05) is 18.7 Å². The van der Waals surface area contributed by atoms with E-state index in [1.54, 1.807) is 4.90 Å². The molecule has 0 aliphatic heterocycles. The van der Waals surface area contributed by atoms with Gasteiger partial charge in [0.15, 0.2) is 0 Å². The fourth-order valence-corrected chi connectivity index (χ4v) is 2.82. The number of hydrogen-bond donors (Lipinski definition) is 1. The molecular formula is C21H28N2O2. The van der Waals surface area contributed by atoms with Crippen LogP contribution in [-0.4, -0.2) is 37.0 Å². The Morgan fingerprint density at radius 2 is 1.92 bits per heavy atom. The van der Waals surface area contributed by atoms with E-state index in [9.17, 15) is 4.79 Å². The Morgan fingerprint density at radius 1 is 1.16 bits per heavy atom. The van der Waals surface area contributed by atoms with E-state index in [4.69, 9.17) is 10.5 Å². The van der Waals surface area contributed by atoms with Crippen LogP contribution in [0.4, 0.5) is 0 Å². The van der Waals surface area contributed by atoms with Crippen molar-refractivity contribution in [3.63, 3.8) is 0 Å². The quantitative estimate of drug-likeness (QED) is 0.760. The van der Waals surface area contributed by atoms with Gasteiger partial charge in [0.2, 0.25) is 0 Å². The summed E-state index contributed by atoms with van der Waals surface area (Å²) in [6.07, 6.45) is 2.50. The zero-order chi connectivity index (χ0) is 18.1. The summed E-state index contributed by atoms with van der Waals surface area (Å²) in [6.45, 7) is 3.26. The van der Waals surface area contributed by atoms with Crippen molar-refractivity contribution in [2.75, 3.05) is 20.2 Å². The van der Waals surface area contributed by atoms with Crippen molar-refractivity contribution >= 4 is 5.91 Å². The van der Waals surface area contributed by atoms with E-state index in [-0.39, 0.29) is 11.9 Å². The standard InChI is InChI=1S/C21H28N2O2/c1-3-14-25-20-11-7-10-18(16-20)21(24)23(2)19(12-13-22)15-17-8-5-4-6-9-17/h4-11,16,19H,3,12-15,22H2,1-2H3. The van der Waals surface area contributed by atoms with Crippen molar-refractivity contribution < 1.29 is 9.53 Å². The average Bonchev–Trinajstić information content (AvgIpc) is 2.66.